The third-order valence-electron chi connectivity index (χ3n) is 5.31. The fraction of sp³-hybridized carbons (Fsp3) is 0.286. The summed E-state index contributed by atoms with van der Waals surface area (Å²) in [6.45, 7) is 4.03. The van der Waals surface area contributed by atoms with Crippen molar-refractivity contribution in [2.24, 2.45) is 0 Å². The van der Waals surface area contributed by atoms with E-state index in [1.54, 1.807) is 17.0 Å². The minimum Gasteiger partial charge on any atom is -0.352 e. The summed E-state index contributed by atoms with van der Waals surface area (Å²) < 4.78 is 13.5. The number of nitrogens with zero attached hydrogens (tertiary/aromatic N) is 1. The number of thioether (sulfide) groups is 1. The quantitative estimate of drug-likeness (QED) is 0.411. The highest BCUT2D eigenvalue weighted by molar-refractivity contribution is 7.99. The van der Waals surface area contributed by atoms with Crippen LogP contribution < -0.4 is 5.32 Å². The lowest BCUT2D eigenvalue weighted by atomic mass is 10.0. The number of carbonyl (C=O) groups excluding carboxylic acids is 2. The van der Waals surface area contributed by atoms with Crippen molar-refractivity contribution < 1.29 is 14.0 Å². The van der Waals surface area contributed by atoms with Gasteiger partial charge in [-0.2, -0.15) is 0 Å². The first-order valence-corrected chi connectivity index (χ1v) is 12.6. The molecule has 0 aromatic heterocycles. The maximum absolute atomic E-state index is 13.5. The van der Waals surface area contributed by atoms with E-state index in [-0.39, 0.29) is 36.0 Å². The van der Waals surface area contributed by atoms with Gasteiger partial charge < -0.3 is 10.2 Å². The van der Waals surface area contributed by atoms with Crippen LogP contribution in [-0.2, 0) is 28.3 Å². The van der Waals surface area contributed by atoms with E-state index < -0.39 is 6.04 Å². The largest absolute Gasteiger partial charge is 0.352 e. The van der Waals surface area contributed by atoms with Gasteiger partial charge in [0.15, 0.2) is 0 Å². The molecule has 1 N–H and O–H groups in total. The first-order chi connectivity index (χ1) is 16.4. The molecule has 0 spiro atoms. The Kier molecular flexibility index (Phi) is 9.71. The predicted octanol–water partition coefficient (Wildman–Crippen LogP) is 5.22. The summed E-state index contributed by atoms with van der Waals surface area (Å²) in [5.74, 6) is 0.306. The molecule has 0 aliphatic rings. The van der Waals surface area contributed by atoms with Crippen molar-refractivity contribution in [2.75, 3.05) is 5.75 Å². The maximum atomic E-state index is 13.5. The highest BCUT2D eigenvalue weighted by Gasteiger charge is 2.30. The van der Waals surface area contributed by atoms with E-state index in [0.29, 0.717) is 12.2 Å². The van der Waals surface area contributed by atoms with E-state index in [0.717, 1.165) is 16.7 Å². The molecule has 1 unspecified atom stereocenters. The molecule has 3 rings (SSSR count). The van der Waals surface area contributed by atoms with E-state index in [9.17, 15) is 14.0 Å². The van der Waals surface area contributed by atoms with Gasteiger partial charge in [-0.05, 0) is 42.7 Å². The number of nitrogens with one attached hydrogen (secondary N) is 1. The zero-order chi connectivity index (χ0) is 24.3. The SMILES string of the molecule is CC(C)NC(=O)C(Cc1ccccc1)N(Cc1ccc(F)cc1)C(=O)CSCc1ccccc1. The fourth-order valence-corrected chi connectivity index (χ4v) is 4.51. The Morgan fingerprint density at radius 1 is 0.853 bits per heavy atom. The summed E-state index contributed by atoms with van der Waals surface area (Å²) in [4.78, 5) is 28.4. The summed E-state index contributed by atoms with van der Waals surface area (Å²) in [7, 11) is 0. The van der Waals surface area contributed by atoms with Crippen LogP contribution in [0.5, 0.6) is 0 Å². The normalized spacial score (nSPS) is 11.8. The van der Waals surface area contributed by atoms with Crippen LogP contribution in [0.15, 0.2) is 84.9 Å². The van der Waals surface area contributed by atoms with Gasteiger partial charge in [-0.15, -0.1) is 11.8 Å². The zero-order valence-electron chi connectivity index (χ0n) is 19.6. The van der Waals surface area contributed by atoms with Crippen LogP contribution in [-0.4, -0.2) is 34.6 Å². The van der Waals surface area contributed by atoms with Crippen molar-refractivity contribution in [1.29, 1.82) is 0 Å². The molecule has 0 bridgehead atoms. The van der Waals surface area contributed by atoms with Crippen LogP contribution in [0.25, 0.3) is 0 Å². The molecule has 3 aromatic carbocycles. The first kappa shape index (κ1) is 25.5. The molecule has 0 heterocycles. The van der Waals surface area contributed by atoms with Crippen LogP contribution in [0.4, 0.5) is 4.39 Å². The van der Waals surface area contributed by atoms with Gasteiger partial charge in [0.2, 0.25) is 11.8 Å². The minimum atomic E-state index is -0.681. The standard InChI is InChI=1S/C28H31FN2O2S/c1-21(2)30-28(33)26(17-22-9-5-3-6-10-22)31(18-23-13-15-25(29)16-14-23)27(32)20-34-19-24-11-7-4-8-12-24/h3-16,21,26H,17-20H2,1-2H3,(H,30,33). The Labute approximate surface area is 205 Å². The van der Waals surface area contributed by atoms with Crippen molar-refractivity contribution >= 4 is 23.6 Å². The number of hydrogen-bond acceptors (Lipinski definition) is 3. The molecular weight excluding hydrogens is 447 g/mol. The highest BCUT2D eigenvalue weighted by atomic mass is 32.2. The third-order valence-corrected chi connectivity index (χ3v) is 6.29. The topological polar surface area (TPSA) is 49.4 Å². The lowest BCUT2D eigenvalue weighted by Gasteiger charge is -2.32. The van der Waals surface area contributed by atoms with E-state index in [1.807, 2.05) is 74.5 Å². The smallest absolute Gasteiger partial charge is 0.243 e. The zero-order valence-corrected chi connectivity index (χ0v) is 20.4. The summed E-state index contributed by atoms with van der Waals surface area (Å²) >= 11 is 1.52. The van der Waals surface area contributed by atoms with Gasteiger partial charge in [0.05, 0.1) is 5.75 Å². The van der Waals surface area contributed by atoms with Gasteiger partial charge in [-0.25, -0.2) is 4.39 Å². The molecule has 0 saturated heterocycles. The van der Waals surface area contributed by atoms with Crippen molar-refractivity contribution in [1.82, 2.24) is 10.2 Å². The van der Waals surface area contributed by atoms with Crippen LogP contribution in [0.2, 0.25) is 0 Å². The number of amides is 2. The van der Waals surface area contributed by atoms with Crippen molar-refractivity contribution in [3.63, 3.8) is 0 Å². The minimum absolute atomic E-state index is 0.0546. The van der Waals surface area contributed by atoms with Crippen LogP contribution in [0.3, 0.4) is 0 Å². The van der Waals surface area contributed by atoms with Crippen molar-refractivity contribution in [3.8, 4) is 0 Å². The molecule has 4 nitrogen and oxygen atoms in total. The van der Waals surface area contributed by atoms with Gasteiger partial charge in [0.25, 0.3) is 0 Å². The molecule has 0 radical (unpaired) electrons. The molecule has 2 amide bonds. The van der Waals surface area contributed by atoms with Crippen LogP contribution in [0.1, 0.15) is 30.5 Å². The van der Waals surface area contributed by atoms with Gasteiger partial charge >= 0.3 is 0 Å². The monoisotopic (exact) mass is 478 g/mol. The van der Waals surface area contributed by atoms with E-state index in [2.05, 4.69) is 5.32 Å². The summed E-state index contributed by atoms with van der Waals surface area (Å²) in [5.41, 5.74) is 2.89. The number of hydrogen-bond donors (Lipinski definition) is 1. The average Bonchev–Trinajstić information content (AvgIpc) is 2.83. The predicted molar refractivity (Wildman–Crippen MR) is 137 cm³/mol. The van der Waals surface area contributed by atoms with Crippen molar-refractivity contribution in [2.45, 2.75) is 44.6 Å². The average molecular weight is 479 g/mol. The van der Waals surface area contributed by atoms with Crippen molar-refractivity contribution in [3.05, 3.63) is 107 Å². The molecule has 0 aliphatic carbocycles. The summed E-state index contributed by atoms with van der Waals surface area (Å²) in [5, 5.41) is 2.98. The molecule has 0 saturated carbocycles. The van der Waals surface area contributed by atoms with Crippen LogP contribution >= 0.6 is 11.8 Å². The Hall–Kier alpha value is -3.12. The molecule has 0 fully saturated rings. The van der Waals surface area contributed by atoms with Gasteiger partial charge in [0.1, 0.15) is 11.9 Å². The molecule has 34 heavy (non-hydrogen) atoms. The number of rotatable bonds is 11. The van der Waals surface area contributed by atoms with E-state index in [1.165, 1.54) is 23.9 Å². The second-order valence-electron chi connectivity index (χ2n) is 8.50. The van der Waals surface area contributed by atoms with E-state index in [4.69, 9.17) is 0 Å². The summed E-state index contributed by atoms with van der Waals surface area (Å²) in [6.07, 6.45) is 0.398. The second kappa shape index (κ2) is 12.9. The molecule has 178 valence electrons. The van der Waals surface area contributed by atoms with Crippen LogP contribution in [0, 0.1) is 5.82 Å². The fourth-order valence-electron chi connectivity index (χ4n) is 3.63. The Bertz CT molecular complexity index is 1040. The Morgan fingerprint density at radius 3 is 2.03 bits per heavy atom. The molecule has 3 aromatic rings. The number of halogens is 1. The molecule has 6 heteroatoms. The molecule has 0 aliphatic heterocycles. The van der Waals surface area contributed by atoms with Gasteiger partial charge in [-0.3, -0.25) is 9.59 Å². The number of benzene rings is 3. The molecule has 1 atom stereocenters. The van der Waals surface area contributed by atoms with Gasteiger partial charge in [0, 0.05) is 24.8 Å². The number of carbonyl (C=O) groups is 2. The second-order valence-corrected chi connectivity index (χ2v) is 9.48. The first-order valence-electron chi connectivity index (χ1n) is 11.4. The third kappa shape index (κ3) is 8.03. The van der Waals surface area contributed by atoms with E-state index >= 15 is 0 Å². The lowest BCUT2D eigenvalue weighted by molar-refractivity contribution is -0.139. The maximum Gasteiger partial charge on any atom is 0.243 e. The lowest BCUT2D eigenvalue weighted by Crippen LogP contribution is -2.52. The highest BCUT2D eigenvalue weighted by Crippen LogP contribution is 2.19. The summed E-state index contributed by atoms with van der Waals surface area (Å²) in [6, 6.07) is 25.0. The Morgan fingerprint density at radius 2 is 1.44 bits per heavy atom. The Balaban J connectivity index is 1.84. The van der Waals surface area contributed by atoms with Gasteiger partial charge in [-0.1, -0.05) is 72.8 Å². The molecular formula is C28H31FN2O2S.